The Morgan fingerprint density at radius 1 is 1.07 bits per heavy atom. The van der Waals surface area contributed by atoms with Gasteiger partial charge in [0.1, 0.15) is 0 Å². The second-order valence-electron chi connectivity index (χ2n) is 7.39. The highest BCUT2D eigenvalue weighted by Crippen LogP contribution is 2.21. The molecule has 166 valence electrons. The van der Waals surface area contributed by atoms with Gasteiger partial charge in [0.2, 0.25) is 10.0 Å². The number of hydrogen-bond acceptors (Lipinski definition) is 6. The van der Waals surface area contributed by atoms with Crippen LogP contribution in [0.15, 0.2) is 59.5 Å². The molecule has 8 nitrogen and oxygen atoms in total. The number of aliphatic hydroxyl groups is 1. The van der Waals surface area contributed by atoms with Gasteiger partial charge in [-0.3, -0.25) is 10.1 Å². The minimum atomic E-state index is -3.94. The van der Waals surface area contributed by atoms with Crippen LogP contribution in [0.3, 0.4) is 0 Å². The van der Waals surface area contributed by atoms with E-state index >= 15 is 0 Å². The maximum atomic E-state index is 13.1. The first-order chi connectivity index (χ1) is 13.6. The van der Waals surface area contributed by atoms with E-state index < -0.39 is 27.1 Å². The average Bonchev–Trinajstić information content (AvgIpc) is 2.67. The Kier molecular flexibility index (Phi) is 9.86. The lowest BCUT2D eigenvalue weighted by Crippen LogP contribution is -2.47. The lowest BCUT2D eigenvalue weighted by molar-refractivity contribution is -0.384. The number of nitro benzene ring substituents is 1. The van der Waals surface area contributed by atoms with Crippen LogP contribution in [0.5, 0.6) is 0 Å². The second kappa shape index (κ2) is 11.4. The van der Waals surface area contributed by atoms with E-state index in [0.29, 0.717) is 6.42 Å². The van der Waals surface area contributed by atoms with E-state index in [9.17, 15) is 23.6 Å². The van der Waals surface area contributed by atoms with Gasteiger partial charge in [0.05, 0.1) is 15.9 Å². The Balaban J connectivity index is 0.00000450. The summed E-state index contributed by atoms with van der Waals surface area (Å²) in [6, 6.07) is 13.5. The fraction of sp³-hybridized carbons (Fsp3) is 0.400. The molecule has 0 heterocycles. The van der Waals surface area contributed by atoms with Gasteiger partial charge in [0.25, 0.3) is 5.69 Å². The summed E-state index contributed by atoms with van der Waals surface area (Å²) in [6.45, 7) is 3.77. The van der Waals surface area contributed by atoms with Crippen LogP contribution in [0, 0.1) is 16.0 Å². The molecule has 2 rings (SSSR count). The van der Waals surface area contributed by atoms with Crippen LogP contribution in [0.2, 0.25) is 0 Å². The summed E-state index contributed by atoms with van der Waals surface area (Å²) in [5.41, 5.74) is 6.88. The molecule has 0 amide bonds. The fourth-order valence-electron chi connectivity index (χ4n) is 2.93. The molecule has 3 N–H and O–H groups in total. The van der Waals surface area contributed by atoms with Crippen LogP contribution in [-0.2, 0) is 16.4 Å². The summed E-state index contributed by atoms with van der Waals surface area (Å²) < 4.78 is 27.3. The summed E-state index contributed by atoms with van der Waals surface area (Å²) >= 11 is 0. The minimum absolute atomic E-state index is 0. The summed E-state index contributed by atoms with van der Waals surface area (Å²) in [4.78, 5) is 10.2. The predicted molar refractivity (Wildman–Crippen MR) is 118 cm³/mol. The fourth-order valence-corrected chi connectivity index (χ4v) is 4.55. The summed E-state index contributed by atoms with van der Waals surface area (Å²) in [5, 5.41) is 21.4. The van der Waals surface area contributed by atoms with E-state index in [0.717, 1.165) is 17.7 Å². The second-order valence-corrected chi connectivity index (χ2v) is 9.33. The number of rotatable bonds is 10. The molecule has 2 aromatic rings. The number of benzene rings is 2. The van der Waals surface area contributed by atoms with Gasteiger partial charge in [-0.25, -0.2) is 8.42 Å². The SMILES string of the molecule is CC(C)CN(CC(O)C(N)Cc1ccccc1)S(=O)(=O)c1ccc([N+](=O)[O-])cc1.Cl. The summed E-state index contributed by atoms with van der Waals surface area (Å²) in [6.07, 6.45) is -0.656. The molecule has 0 bridgehead atoms. The van der Waals surface area contributed by atoms with Gasteiger partial charge in [-0.2, -0.15) is 4.31 Å². The monoisotopic (exact) mass is 457 g/mol. The molecule has 0 fully saturated rings. The van der Waals surface area contributed by atoms with Crippen LogP contribution in [0.25, 0.3) is 0 Å². The minimum Gasteiger partial charge on any atom is -0.390 e. The van der Waals surface area contributed by atoms with Crippen LogP contribution in [0.4, 0.5) is 5.69 Å². The van der Waals surface area contributed by atoms with Crippen molar-refractivity contribution < 1.29 is 18.4 Å². The van der Waals surface area contributed by atoms with E-state index in [1.165, 1.54) is 16.4 Å². The number of halogens is 1. The van der Waals surface area contributed by atoms with Gasteiger partial charge >= 0.3 is 0 Å². The van der Waals surface area contributed by atoms with Gasteiger partial charge in [-0.05, 0) is 30.0 Å². The van der Waals surface area contributed by atoms with E-state index in [1.807, 2.05) is 44.2 Å². The number of nitrogens with two attached hydrogens (primary N) is 1. The zero-order chi connectivity index (χ0) is 21.6. The van der Waals surface area contributed by atoms with Gasteiger partial charge in [0, 0.05) is 31.3 Å². The lowest BCUT2D eigenvalue weighted by atomic mass is 10.0. The molecule has 2 atom stereocenters. The van der Waals surface area contributed by atoms with Gasteiger partial charge < -0.3 is 10.8 Å². The topological polar surface area (TPSA) is 127 Å². The molecule has 30 heavy (non-hydrogen) atoms. The van der Waals surface area contributed by atoms with Crippen molar-refractivity contribution in [2.75, 3.05) is 13.1 Å². The van der Waals surface area contributed by atoms with Crippen LogP contribution < -0.4 is 5.73 Å². The number of sulfonamides is 1. The largest absolute Gasteiger partial charge is 0.390 e. The molecule has 2 aromatic carbocycles. The van der Waals surface area contributed by atoms with Gasteiger partial charge in [0.15, 0.2) is 0 Å². The van der Waals surface area contributed by atoms with Crippen molar-refractivity contribution in [3.63, 3.8) is 0 Å². The van der Waals surface area contributed by atoms with Crippen molar-refractivity contribution in [2.45, 2.75) is 37.3 Å². The van der Waals surface area contributed by atoms with Crippen LogP contribution in [-0.4, -0.2) is 48.0 Å². The molecule has 10 heteroatoms. The molecular weight excluding hydrogens is 430 g/mol. The van der Waals surface area contributed by atoms with E-state index in [4.69, 9.17) is 5.73 Å². The number of nitro groups is 1. The van der Waals surface area contributed by atoms with Crippen LogP contribution >= 0.6 is 12.4 Å². The van der Waals surface area contributed by atoms with Gasteiger partial charge in [-0.1, -0.05) is 44.2 Å². The Bertz CT molecular complexity index is 908. The van der Waals surface area contributed by atoms with E-state index in [2.05, 4.69) is 0 Å². The summed E-state index contributed by atoms with van der Waals surface area (Å²) in [5.74, 6) is 0.0142. The Labute approximate surface area is 183 Å². The highest BCUT2D eigenvalue weighted by molar-refractivity contribution is 7.89. The van der Waals surface area contributed by atoms with E-state index in [1.54, 1.807) is 0 Å². The Hall–Kier alpha value is -2.04. The highest BCUT2D eigenvalue weighted by atomic mass is 35.5. The summed E-state index contributed by atoms with van der Waals surface area (Å²) in [7, 11) is -3.94. The highest BCUT2D eigenvalue weighted by Gasteiger charge is 2.29. The first-order valence-electron chi connectivity index (χ1n) is 9.33. The molecule has 0 radical (unpaired) electrons. The average molecular weight is 458 g/mol. The first-order valence-corrected chi connectivity index (χ1v) is 10.8. The molecule has 0 saturated carbocycles. The zero-order valence-corrected chi connectivity index (χ0v) is 18.6. The smallest absolute Gasteiger partial charge is 0.269 e. The van der Waals surface area contributed by atoms with Crippen LogP contribution in [0.1, 0.15) is 19.4 Å². The van der Waals surface area contributed by atoms with Crippen molar-refractivity contribution in [1.82, 2.24) is 4.31 Å². The first kappa shape index (κ1) is 26.0. The standard InChI is InChI=1S/C20H27N3O5S.ClH/c1-15(2)13-22(14-20(24)19(21)12-16-6-4-3-5-7-16)29(27,28)18-10-8-17(9-11-18)23(25)26;/h3-11,15,19-20,24H,12-14,21H2,1-2H3;1H. The van der Waals surface area contributed by atoms with E-state index in [-0.39, 0.29) is 42.0 Å². The van der Waals surface area contributed by atoms with Crippen molar-refractivity contribution in [2.24, 2.45) is 11.7 Å². The lowest BCUT2D eigenvalue weighted by Gasteiger charge is -2.28. The van der Waals surface area contributed by atoms with Crippen molar-refractivity contribution >= 4 is 28.1 Å². The molecule has 0 saturated heterocycles. The van der Waals surface area contributed by atoms with Crippen molar-refractivity contribution in [3.05, 3.63) is 70.3 Å². The molecule has 0 aliphatic rings. The number of hydrogen-bond donors (Lipinski definition) is 2. The predicted octanol–water partition coefficient (Wildman–Crippen LogP) is 2.59. The molecule has 0 aliphatic heterocycles. The Morgan fingerprint density at radius 3 is 2.13 bits per heavy atom. The third-order valence-corrected chi connectivity index (χ3v) is 6.30. The third-order valence-electron chi connectivity index (χ3n) is 4.45. The number of non-ortho nitro benzene ring substituents is 1. The molecule has 0 aliphatic carbocycles. The molecular formula is C20H28ClN3O5S. The third kappa shape index (κ3) is 7.03. The number of aliphatic hydroxyl groups excluding tert-OH is 1. The van der Waals surface area contributed by atoms with Gasteiger partial charge in [-0.15, -0.1) is 12.4 Å². The van der Waals surface area contributed by atoms with Crippen molar-refractivity contribution in [3.8, 4) is 0 Å². The molecule has 2 unspecified atom stereocenters. The van der Waals surface area contributed by atoms with Crippen molar-refractivity contribution in [1.29, 1.82) is 0 Å². The quantitative estimate of drug-likeness (QED) is 0.417. The maximum Gasteiger partial charge on any atom is 0.269 e. The molecule has 0 aromatic heterocycles. The zero-order valence-electron chi connectivity index (χ0n) is 16.9. The Morgan fingerprint density at radius 2 is 1.63 bits per heavy atom. The number of nitrogens with zero attached hydrogens (tertiary/aromatic N) is 2. The normalized spacial score (nSPS) is 13.7. The molecule has 0 spiro atoms. The maximum absolute atomic E-state index is 13.1.